The van der Waals surface area contributed by atoms with Crippen molar-refractivity contribution in [2.45, 2.75) is 66.2 Å². The second-order valence-corrected chi connectivity index (χ2v) is 8.52. The fraction of sp³-hybridized carbons (Fsp3) is 0.545. The van der Waals surface area contributed by atoms with Crippen LogP contribution in [0.3, 0.4) is 0 Å². The molecule has 0 spiro atoms. The van der Waals surface area contributed by atoms with Gasteiger partial charge in [0.25, 0.3) is 0 Å². The molecule has 8 heteroatoms. The number of alkyl carbamates (subject to hydrolysis) is 1. The number of amides is 3. The van der Waals surface area contributed by atoms with E-state index in [1.54, 1.807) is 20.8 Å². The van der Waals surface area contributed by atoms with Gasteiger partial charge in [-0.05, 0) is 54.0 Å². The summed E-state index contributed by atoms with van der Waals surface area (Å²) in [4.78, 5) is 39.0. The number of carbonyl (C=O) groups excluding carboxylic acids is 3. The Kier molecular flexibility index (Phi) is 8.84. The van der Waals surface area contributed by atoms with Gasteiger partial charge in [-0.15, -0.1) is 0 Å². The Morgan fingerprint density at radius 3 is 2.17 bits per heavy atom. The molecule has 0 aromatic heterocycles. The topological polar surface area (TPSA) is 112 Å². The molecule has 1 aromatic carbocycles. The molecule has 0 saturated carbocycles. The minimum atomic E-state index is -1.00. The Morgan fingerprint density at radius 2 is 1.70 bits per heavy atom. The van der Waals surface area contributed by atoms with Crippen molar-refractivity contribution in [3.05, 3.63) is 34.9 Å². The number of aryl methyl sites for hydroxylation is 2. The molecule has 0 aliphatic rings. The van der Waals surface area contributed by atoms with Gasteiger partial charge in [0, 0.05) is 6.04 Å². The van der Waals surface area contributed by atoms with Gasteiger partial charge >= 0.3 is 6.09 Å². The van der Waals surface area contributed by atoms with Crippen molar-refractivity contribution in [2.75, 3.05) is 13.1 Å². The number of nitrogens with zero attached hydrogens (tertiary/aromatic N) is 2. The molecule has 1 aromatic rings. The van der Waals surface area contributed by atoms with Gasteiger partial charge in [-0.2, -0.15) is 5.26 Å². The Bertz CT molecular complexity index is 801. The SMILES string of the molecule is Cc1cc(C)cc(C(C(=O)NC(C)C)N(CC#N)C(=O)CNC(=O)OC(C)(C)C)c1. The highest BCUT2D eigenvalue weighted by Gasteiger charge is 2.32. The summed E-state index contributed by atoms with van der Waals surface area (Å²) in [5.41, 5.74) is 1.76. The highest BCUT2D eigenvalue weighted by atomic mass is 16.6. The van der Waals surface area contributed by atoms with E-state index in [9.17, 15) is 19.6 Å². The van der Waals surface area contributed by atoms with Crippen molar-refractivity contribution in [1.82, 2.24) is 15.5 Å². The molecule has 164 valence electrons. The van der Waals surface area contributed by atoms with E-state index in [0.29, 0.717) is 5.56 Å². The number of ether oxygens (including phenoxy) is 1. The lowest BCUT2D eigenvalue weighted by atomic mass is 9.99. The number of hydrogen-bond acceptors (Lipinski definition) is 5. The van der Waals surface area contributed by atoms with Crippen LogP contribution in [0.2, 0.25) is 0 Å². The maximum Gasteiger partial charge on any atom is 0.408 e. The summed E-state index contributed by atoms with van der Waals surface area (Å²) in [7, 11) is 0. The van der Waals surface area contributed by atoms with E-state index in [2.05, 4.69) is 10.6 Å². The number of rotatable bonds is 7. The van der Waals surface area contributed by atoms with Crippen LogP contribution in [-0.4, -0.2) is 47.5 Å². The van der Waals surface area contributed by atoms with Crippen molar-refractivity contribution in [3.63, 3.8) is 0 Å². The predicted octanol–water partition coefficient (Wildman–Crippen LogP) is 2.75. The first kappa shape index (κ1) is 25.0. The lowest BCUT2D eigenvalue weighted by molar-refractivity contribution is -0.139. The van der Waals surface area contributed by atoms with Gasteiger partial charge in [-0.1, -0.05) is 29.3 Å². The van der Waals surface area contributed by atoms with Crippen molar-refractivity contribution in [1.29, 1.82) is 5.26 Å². The highest BCUT2D eigenvalue weighted by molar-refractivity contribution is 5.90. The van der Waals surface area contributed by atoms with E-state index in [1.165, 1.54) is 4.90 Å². The molecule has 2 N–H and O–H groups in total. The molecule has 3 amide bonds. The first-order valence-corrected chi connectivity index (χ1v) is 9.86. The van der Waals surface area contributed by atoms with Crippen LogP contribution in [0.1, 0.15) is 57.4 Å². The summed E-state index contributed by atoms with van der Waals surface area (Å²) in [6.45, 7) is 11.9. The second kappa shape index (κ2) is 10.6. The van der Waals surface area contributed by atoms with E-state index >= 15 is 0 Å². The van der Waals surface area contributed by atoms with Crippen LogP contribution in [0.15, 0.2) is 18.2 Å². The average Bonchev–Trinajstić information content (AvgIpc) is 2.56. The molecule has 8 nitrogen and oxygen atoms in total. The Labute approximate surface area is 178 Å². The van der Waals surface area contributed by atoms with Gasteiger partial charge in [0.1, 0.15) is 24.7 Å². The third-order valence-electron chi connectivity index (χ3n) is 3.89. The fourth-order valence-corrected chi connectivity index (χ4v) is 2.97. The molecule has 0 fully saturated rings. The number of hydrogen-bond donors (Lipinski definition) is 2. The molecule has 0 heterocycles. The molecule has 0 bridgehead atoms. The molecule has 30 heavy (non-hydrogen) atoms. The summed E-state index contributed by atoms with van der Waals surface area (Å²) in [6.07, 6.45) is -0.748. The van der Waals surface area contributed by atoms with Gasteiger partial charge < -0.3 is 20.3 Å². The standard InChI is InChI=1S/C22H32N4O4/c1-14(2)25-20(28)19(17-11-15(3)10-16(4)12-17)26(9-8-23)18(27)13-24-21(29)30-22(5,6)7/h10-12,14,19H,9,13H2,1-7H3,(H,24,29)(H,25,28). The van der Waals surface area contributed by atoms with E-state index in [-0.39, 0.29) is 12.6 Å². The van der Waals surface area contributed by atoms with Crippen LogP contribution in [0.25, 0.3) is 0 Å². The molecular weight excluding hydrogens is 384 g/mol. The number of nitriles is 1. The maximum absolute atomic E-state index is 13.0. The number of carbonyl (C=O) groups is 3. The smallest absolute Gasteiger partial charge is 0.408 e. The Balaban J connectivity index is 3.20. The van der Waals surface area contributed by atoms with E-state index in [4.69, 9.17) is 4.74 Å². The largest absolute Gasteiger partial charge is 0.444 e. The molecule has 0 saturated heterocycles. The first-order valence-electron chi connectivity index (χ1n) is 9.86. The van der Waals surface area contributed by atoms with Crippen LogP contribution in [0.4, 0.5) is 4.79 Å². The molecule has 1 rings (SSSR count). The average molecular weight is 417 g/mol. The zero-order valence-electron chi connectivity index (χ0n) is 18.8. The van der Waals surface area contributed by atoms with Crippen molar-refractivity contribution in [2.24, 2.45) is 0 Å². The molecule has 1 unspecified atom stereocenters. The summed E-state index contributed by atoms with van der Waals surface area (Å²) in [5.74, 6) is -0.957. The number of benzene rings is 1. The number of nitrogens with one attached hydrogen (secondary N) is 2. The Hall–Kier alpha value is -3.08. The quantitative estimate of drug-likeness (QED) is 0.664. The third kappa shape index (κ3) is 8.11. The van der Waals surface area contributed by atoms with Crippen molar-refractivity contribution < 1.29 is 19.1 Å². The molecule has 1 atom stereocenters. The van der Waals surface area contributed by atoms with Crippen LogP contribution >= 0.6 is 0 Å². The normalized spacial score (nSPS) is 12.0. The van der Waals surface area contributed by atoms with Crippen LogP contribution in [-0.2, 0) is 14.3 Å². The third-order valence-corrected chi connectivity index (χ3v) is 3.89. The monoisotopic (exact) mass is 416 g/mol. The van der Waals surface area contributed by atoms with Crippen LogP contribution < -0.4 is 10.6 Å². The summed E-state index contributed by atoms with van der Waals surface area (Å²) >= 11 is 0. The molecule has 0 aliphatic heterocycles. The molecule has 0 aliphatic carbocycles. The summed E-state index contributed by atoms with van der Waals surface area (Å²) in [6, 6.07) is 6.39. The summed E-state index contributed by atoms with van der Waals surface area (Å²) in [5, 5.41) is 14.5. The zero-order valence-corrected chi connectivity index (χ0v) is 18.8. The first-order chi connectivity index (χ1) is 13.8. The highest BCUT2D eigenvalue weighted by Crippen LogP contribution is 2.24. The van der Waals surface area contributed by atoms with E-state index in [1.807, 2.05) is 52.0 Å². The van der Waals surface area contributed by atoms with E-state index in [0.717, 1.165) is 11.1 Å². The Morgan fingerprint density at radius 1 is 1.13 bits per heavy atom. The minimum absolute atomic E-state index is 0.148. The van der Waals surface area contributed by atoms with E-state index < -0.39 is 36.1 Å². The zero-order chi connectivity index (χ0) is 23.1. The second-order valence-electron chi connectivity index (χ2n) is 8.52. The van der Waals surface area contributed by atoms with Gasteiger partial charge in [0.2, 0.25) is 11.8 Å². The minimum Gasteiger partial charge on any atom is -0.444 e. The molecular formula is C22H32N4O4. The maximum atomic E-state index is 13.0. The summed E-state index contributed by atoms with van der Waals surface area (Å²) < 4.78 is 5.14. The fourth-order valence-electron chi connectivity index (χ4n) is 2.97. The van der Waals surface area contributed by atoms with Crippen molar-refractivity contribution in [3.8, 4) is 6.07 Å². The lowest BCUT2D eigenvalue weighted by Gasteiger charge is -2.30. The van der Waals surface area contributed by atoms with Gasteiger partial charge in [0.15, 0.2) is 0 Å². The predicted molar refractivity (Wildman–Crippen MR) is 113 cm³/mol. The van der Waals surface area contributed by atoms with Crippen LogP contribution in [0, 0.1) is 25.2 Å². The van der Waals surface area contributed by atoms with Crippen LogP contribution in [0.5, 0.6) is 0 Å². The molecule has 0 radical (unpaired) electrons. The van der Waals surface area contributed by atoms with Gasteiger partial charge in [-0.25, -0.2) is 4.79 Å². The lowest BCUT2D eigenvalue weighted by Crippen LogP contribution is -2.49. The van der Waals surface area contributed by atoms with Gasteiger partial charge in [0.05, 0.1) is 6.07 Å². The van der Waals surface area contributed by atoms with Crippen molar-refractivity contribution >= 4 is 17.9 Å². The van der Waals surface area contributed by atoms with Gasteiger partial charge in [-0.3, -0.25) is 9.59 Å².